The molecule has 1 aliphatic rings. The fourth-order valence-electron chi connectivity index (χ4n) is 2.96. The van der Waals surface area contributed by atoms with Crippen molar-refractivity contribution in [3.8, 4) is 0 Å². The van der Waals surface area contributed by atoms with Crippen LogP contribution in [-0.2, 0) is 11.3 Å². The van der Waals surface area contributed by atoms with Gasteiger partial charge in [-0.2, -0.15) is 5.10 Å². The van der Waals surface area contributed by atoms with Gasteiger partial charge in [0, 0.05) is 17.1 Å². The van der Waals surface area contributed by atoms with E-state index in [-0.39, 0.29) is 24.3 Å². The lowest BCUT2D eigenvalue weighted by molar-refractivity contribution is -0.121. The van der Waals surface area contributed by atoms with Gasteiger partial charge in [-0.15, -0.1) is 0 Å². The van der Waals surface area contributed by atoms with E-state index >= 15 is 0 Å². The molecular formula is C17H15N5O2. The van der Waals surface area contributed by atoms with Gasteiger partial charge in [-0.3, -0.25) is 14.7 Å². The molecule has 4 rings (SSSR count). The summed E-state index contributed by atoms with van der Waals surface area (Å²) < 4.78 is 0. The number of rotatable bonds is 4. The first kappa shape index (κ1) is 14.4. The molecule has 0 fully saturated rings. The van der Waals surface area contributed by atoms with E-state index in [4.69, 9.17) is 0 Å². The van der Waals surface area contributed by atoms with Crippen molar-refractivity contribution in [2.24, 2.45) is 0 Å². The van der Waals surface area contributed by atoms with Crippen LogP contribution in [0.25, 0.3) is 11.0 Å². The molecule has 0 saturated carbocycles. The van der Waals surface area contributed by atoms with Crippen LogP contribution in [0.1, 0.15) is 34.1 Å². The fraction of sp³-hybridized carbons (Fsp3) is 0.176. The van der Waals surface area contributed by atoms with Gasteiger partial charge in [0.15, 0.2) is 5.65 Å². The molecule has 7 heteroatoms. The van der Waals surface area contributed by atoms with Crippen molar-refractivity contribution in [3.63, 3.8) is 0 Å². The zero-order chi connectivity index (χ0) is 16.5. The van der Waals surface area contributed by atoms with E-state index in [1.54, 1.807) is 12.3 Å². The number of hydrogen-bond acceptors (Lipinski definition) is 4. The van der Waals surface area contributed by atoms with Crippen molar-refractivity contribution >= 4 is 22.8 Å². The van der Waals surface area contributed by atoms with Gasteiger partial charge < -0.3 is 10.6 Å². The van der Waals surface area contributed by atoms with E-state index in [0.717, 1.165) is 16.6 Å². The van der Waals surface area contributed by atoms with Crippen molar-refractivity contribution < 1.29 is 9.59 Å². The lowest BCUT2D eigenvalue weighted by Crippen LogP contribution is -2.28. The Labute approximate surface area is 137 Å². The summed E-state index contributed by atoms with van der Waals surface area (Å²) in [5.41, 5.74) is 2.94. The monoisotopic (exact) mass is 321 g/mol. The van der Waals surface area contributed by atoms with E-state index in [9.17, 15) is 9.59 Å². The maximum absolute atomic E-state index is 12.2. The lowest BCUT2D eigenvalue weighted by Gasteiger charge is -2.11. The maximum atomic E-state index is 12.2. The molecule has 1 aliphatic heterocycles. The first-order valence-corrected chi connectivity index (χ1v) is 7.67. The van der Waals surface area contributed by atoms with Gasteiger partial charge in [-0.25, -0.2) is 4.98 Å². The highest BCUT2D eigenvalue weighted by molar-refractivity contribution is 5.99. The molecule has 3 heterocycles. The minimum absolute atomic E-state index is 0.131. The van der Waals surface area contributed by atoms with E-state index in [2.05, 4.69) is 25.8 Å². The van der Waals surface area contributed by atoms with Crippen molar-refractivity contribution in [1.29, 1.82) is 0 Å². The van der Waals surface area contributed by atoms with Crippen molar-refractivity contribution in [2.45, 2.75) is 19.0 Å². The fourth-order valence-corrected chi connectivity index (χ4v) is 2.96. The molecule has 0 saturated heterocycles. The van der Waals surface area contributed by atoms with Crippen LogP contribution >= 0.6 is 0 Å². The molecule has 24 heavy (non-hydrogen) atoms. The van der Waals surface area contributed by atoms with Gasteiger partial charge >= 0.3 is 0 Å². The average Bonchev–Trinajstić information content (AvgIpc) is 3.15. The van der Waals surface area contributed by atoms with Crippen LogP contribution in [0.15, 0.2) is 42.6 Å². The quantitative estimate of drug-likeness (QED) is 0.677. The molecule has 3 aromatic rings. The Balaban J connectivity index is 1.42. The number of carbonyl (C=O) groups is 2. The van der Waals surface area contributed by atoms with Crippen LogP contribution < -0.4 is 10.6 Å². The number of aromatic nitrogens is 3. The van der Waals surface area contributed by atoms with Gasteiger partial charge in [0.25, 0.3) is 5.91 Å². The third-order valence-electron chi connectivity index (χ3n) is 4.15. The number of hydrogen-bond donors (Lipinski definition) is 3. The molecule has 120 valence electrons. The number of H-pyrrole nitrogens is 1. The summed E-state index contributed by atoms with van der Waals surface area (Å²) in [6, 6.07) is 10.8. The van der Waals surface area contributed by atoms with Crippen LogP contribution in [0, 0.1) is 0 Å². The molecule has 3 N–H and O–H groups in total. The van der Waals surface area contributed by atoms with E-state index in [1.165, 1.54) is 0 Å². The first-order valence-electron chi connectivity index (χ1n) is 7.67. The zero-order valence-electron chi connectivity index (χ0n) is 12.7. The Bertz CT molecular complexity index is 933. The molecule has 2 amide bonds. The number of nitrogens with zero attached hydrogens (tertiary/aromatic N) is 2. The average molecular weight is 321 g/mol. The van der Waals surface area contributed by atoms with Gasteiger partial charge in [0.1, 0.15) is 0 Å². The van der Waals surface area contributed by atoms with Crippen molar-refractivity contribution in [3.05, 3.63) is 59.4 Å². The maximum Gasteiger partial charge on any atom is 0.252 e. The predicted octanol–water partition coefficient (Wildman–Crippen LogP) is 1.45. The number of amides is 2. The SMILES string of the molecule is O=C(CC1NC(=O)c2ccccc21)NCc1[nH]nc2ncccc12. The highest BCUT2D eigenvalue weighted by atomic mass is 16.2. The third kappa shape index (κ3) is 2.50. The topological polar surface area (TPSA) is 99.8 Å². The van der Waals surface area contributed by atoms with Crippen molar-refractivity contribution in [1.82, 2.24) is 25.8 Å². The van der Waals surface area contributed by atoms with Crippen LogP contribution in [0.2, 0.25) is 0 Å². The summed E-state index contributed by atoms with van der Waals surface area (Å²) in [6.45, 7) is 0.337. The molecule has 1 unspecified atom stereocenters. The summed E-state index contributed by atoms with van der Waals surface area (Å²) in [6.07, 6.45) is 1.87. The number of nitrogens with one attached hydrogen (secondary N) is 3. The van der Waals surface area contributed by atoms with E-state index in [0.29, 0.717) is 17.8 Å². The second kappa shape index (κ2) is 5.77. The Morgan fingerprint density at radius 3 is 3.00 bits per heavy atom. The summed E-state index contributed by atoms with van der Waals surface area (Å²) in [4.78, 5) is 28.3. The summed E-state index contributed by atoms with van der Waals surface area (Å²) in [5, 5.41) is 13.6. The number of carbonyl (C=O) groups excluding carboxylic acids is 2. The summed E-state index contributed by atoms with van der Waals surface area (Å²) in [5.74, 6) is -0.266. The smallest absolute Gasteiger partial charge is 0.252 e. The Morgan fingerprint density at radius 2 is 2.08 bits per heavy atom. The van der Waals surface area contributed by atoms with Gasteiger partial charge in [0.05, 0.1) is 24.7 Å². The third-order valence-corrected chi connectivity index (χ3v) is 4.15. The van der Waals surface area contributed by atoms with Crippen LogP contribution in [-0.4, -0.2) is 27.0 Å². The normalized spacial score (nSPS) is 16.0. The molecule has 0 radical (unpaired) electrons. The van der Waals surface area contributed by atoms with Crippen molar-refractivity contribution in [2.75, 3.05) is 0 Å². The summed E-state index contributed by atoms with van der Waals surface area (Å²) >= 11 is 0. The van der Waals surface area contributed by atoms with Crippen LogP contribution in [0.4, 0.5) is 0 Å². The largest absolute Gasteiger partial charge is 0.350 e. The Hall–Kier alpha value is -3.22. The Kier molecular flexibility index (Phi) is 3.45. The van der Waals surface area contributed by atoms with Gasteiger partial charge in [-0.05, 0) is 23.8 Å². The number of pyridine rings is 1. The highest BCUT2D eigenvalue weighted by Gasteiger charge is 2.29. The molecule has 1 aromatic carbocycles. The molecule has 0 aliphatic carbocycles. The van der Waals surface area contributed by atoms with E-state index < -0.39 is 0 Å². The second-order valence-corrected chi connectivity index (χ2v) is 5.67. The Morgan fingerprint density at radius 1 is 1.21 bits per heavy atom. The molecular weight excluding hydrogens is 306 g/mol. The first-order chi connectivity index (χ1) is 11.7. The number of benzene rings is 1. The molecule has 0 bridgehead atoms. The van der Waals surface area contributed by atoms with E-state index in [1.807, 2.05) is 30.3 Å². The predicted molar refractivity (Wildman–Crippen MR) is 87.0 cm³/mol. The van der Waals surface area contributed by atoms with Crippen LogP contribution in [0.5, 0.6) is 0 Å². The molecule has 2 aromatic heterocycles. The van der Waals surface area contributed by atoms with Gasteiger partial charge in [-0.1, -0.05) is 18.2 Å². The summed E-state index contributed by atoms with van der Waals surface area (Å²) in [7, 11) is 0. The number of aromatic amines is 1. The second-order valence-electron chi connectivity index (χ2n) is 5.67. The molecule has 1 atom stereocenters. The highest BCUT2D eigenvalue weighted by Crippen LogP contribution is 2.27. The lowest BCUT2D eigenvalue weighted by atomic mass is 10.0. The minimum atomic E-state index is -0.283. The molecule has 0 spiro atoms. The standard InChI is InChI=1S/C17H15N5O2/c23-15(8-13-10-4-1-2-5-11(10)17(24)20-13)19-9-14-12-6-3-7-18-16(12)22-21-14/h1-7,13H,8-9H2,(H,19,23)(H,20,24)(H,18,21,22). The zero-order valence-corrected chi connectivity index (χ0v) is 12.7. The van der Waals surface area contributed by atoms with Crippen LogP contribution in [0.3, 0.4) is 0 Å². The number of fused-ring (bicyclic) bond motifs is 2. The minimum Gasteiger partial charge on any atom is -0.350 e. The molecule has 7 nitrogen and oxygen atoms in total. The van der Waals surface area contributed by atoms with Gasteiger partial charge in [0.2, 0.25) is 5.91 Å².